The van der Waals surface area contributed by atoms with Crippen LogP contribution in [0.4, 0.5) is 4.79 Å². The van der Waals surface area contributed by atoms with Gasteiger partial charge in [0, 0.05) is 23.6 Å². The van der Waals surface area contributed by atoms with E-state index in [4.69, 9.17) is 37.6 Å². The normalized spacial score (nSPS) is 20.5. The fourth-order valence-electron chi connectivity index (χ4n) is 7.56. The molecule has 2 fully saturated rings. The van der Waals surface area contributed by atoms with Gasteiger partial charge in [0.15, 0.2) is 0 Å². The number of hydrogen-bond donors (Lipinski definition) is 5. The van der Waals surface area contributed by atoms with Crippen molar-refractivity contribution in [2.24, 2.45) is 17.8 Å². The molecule has 57 heavy (non-hydrogen) atoms. The Morgan fingerprint density at radius 2 is 1.39 bits per heavy atom. The van der Waals surface area contributed by atoms with Crippen LogP contribution in [0.2, 0.25) is 0 Å². The predicted octanol–water partition coefficient (Wildman–Crippen LogP) is 6.92. The number of ether oxygens (including phenoxy) is 1. The molecule has 6 rings (SSSR count). The maximum Gasteiger partial charge on any atom is 0.407 e. The number of aromatic nitrogens is 4. The average Bonchev–Trinajstić information content (AvgIpc) is 4.04. The van der Waals surface area contributed by atoms with Crippen molar-refractivity contribution in [1.29, 1.82) is 5.41 Å². The van der Waals surface area contributed by atoms with Crippen LogP contribution in [0.15, 0.2) is 60.9 Å². The van der Waals surface area contributed by atoms with Crippen LogP contribution in [-0.2, 0) is 24.1 Å². The summed E-state index contributed by atoms with van der Waals surface area (Å²) in [7, 11) is 1.29. The Morgan fingerprint density at radius 1 is 0.860 bits per heavy atom. The summed E-state index contributed by atoms with van der Waals surface area (Å²) in [4.78, 5) is 69.3. The van der Waals surface area contributed by atoms with Crippen molar-refractivity contribution in [2.75, 3.05) is 33.1 Å². The first-order valence-corrected chi connectivity index (χ1v) is 21.0. The van der Waals surface area contributed by atoms with E-state index in [-0.39, 0.29) is 52.8 Å². The summed E-state index contributed by atoms with van der Waals surface area (Å²) in [5.74, 6) is 0.681. The zero-order valence-electron chi connectivity index (χ0n) is 33.1. The van der Waals surface area contributed by atoms with Gasteiger partial charge >= 0.3 is 6.09 Å². The van der Waals surface area contributed by atoms with Gasteiger partial charge in [0.1, 0.15) is 24.3 Å². The van der Waals surface area contributed by atoms with Crippen molar-refractivity contribution < 1.29 is 28.9 Å². The molecular weight excluding hydrogens is 765 g/mol. The van der Waals surface area contributed by atoms with Gasteiger partial charge in [0.05, 0.1) is 48.9 Å². The number of imidazole rings is 2. The highest BCUT2D eigenvalue weighted by atomic mass is 32.2. The molecule has 304 valence electrons. The Kier molecular flexibility index (Phi) is 13.7. The van der Waals surface area contributed by atoms with Crippen LogP contribution < -0.4 is 5.32 Å². The van der Waals surface area contributed by atoms with Crippen molar-refractivity contribution in [3.05, 3.63) is 72.6 Å². The lowest BCUT2D eigenvalue weighted by molar-refractivity contribution is -0.229. The molecule has 0 unspecified atom stereocenters. The van der Waals surface area contributed by atoms with Gasteiger partial charge in [-0.25, -0.2) is 14.8 Å². The van der Waals surface area contributed by atoms with Gasteiger partial charge in [-0.3, -0.25) is 15.0 Å². The number of carbonyl (C=O) groups is 3. The van der Waals surface area contributed by atoms with E-state index in [2.05, 4.69) is 68.7 Å². The predicted molar refractivity (Wildman–Crippen MR) is 224 cm³/mol. The van der Waals surface area contributed by atoms with Crippen molar-refractivity contribution in [1.82, 2.24) is 35.1 Å². The summed E-state index contributed by atoms with van der Waals surface area (Å²) >= 11 is 6.44. The molecule has 4 aromatic rings. The lowest BCUT2D eigenvalue weighted by Gasteiger charge is -2.30. The zero-order valence-corrected chi connectivity index (χ0v) is 34.8. The van der Waals surface area contributed by atoms with Gasteiger partial charge in [-0.1, -0.05) is 76.2 Å². The van der Waals surface area contributed by atoms with Gasteiger partial charge in [-0.2, -0.15) is 29.3 Å². The third-order valence-corrected chi connectivity index (χ3v) is 12.2. The van der Waals surface area contributed by atoms with Crippen molar-refractivity contribution >= 4 is 48.7 Å². The number of aromatic amines is 2. The summed E-state index contributed by atoms with van der Waals surface area (Å²) in [6.07, 6.45) is 7.16. The van der Waals surface area contributed by atoms with Gasteiger partial charge in [0.25, 0.3) is 0 Å². The molecule has 0 radical (unpaired) electrons. The van der Waals surface area contributed by atoms with Crippen molar-refractivity contribution in [2.45, 2.75) is 69.2 Å². The molecule has 0 bridgehead atoms. The number of H-pyrrole nitrogens is 2. The molecule has 2 saturated heterocycles. The molecule has 6 atom stereocenters. The molecule has 0 saturated carbocycles. The minimum atomic E-state index is -0.709. The fraction of sp³-hybridized carbons (Fsp3) is 0.463. The number of hydrogen-bond acceptors (Lipinski definition) is 11. The number of benzene rings is 2. The second-order valence-electron chi connectivity index (χ2n) is 15.2. The van der Waals surface area contributed by atoms with E-state index in [9.17, 15) is 14.4 Å². The number of rotatable bonds is 15. The minimum Gasteiger partial charge on any atom is -0.453 e. The number of alkyl carbamates (subject to hydrolysis) is 1. The number of thioether (sulfide) groups is 1. The molecule has 4 N–H and O–H groups in total. The summed E-state index contributed by atoms with van der Waals surface area (Å²) in [6.45, 7) is 8.86. The van der Waals surface area contributed by atoms with E-state index >= 15 is 0 Å². The first-order valence-electron chi connectivity index (χ1n) is 19.2. The Hall–Kier alpha value is -4.80. The van der Waals surface area contributed by atoms with Gasteiger partial charge in [-0.05, 0) is 53.2 Å². The monoisotopic (exact) mass is 816 g/mol. The van der Waals surface area contributed by atoms with Crippen LogP contribution in [0.25, 0.3) is 33.6 Å². The van der Waals surface area contributed by atoms with Crippen LogP contribution in [0.5, 0.6) is 0 Å². The Morgan fingerprint density at radius 3 is 1.88 bits per heavy atom. The van der Waals surface area contributed by atoms with E-state index in [1.54, 1.807) is 18.0 Å². The molecule has 16 heteroatoms. The highest BCUT2D eigenvalue weighted by molar-refractivity contribution is 7.99. The highest BCUT2D eigenvalue weighted by Crippen LogP contribution is 2.38. The molecule has 14 nitrogen and oxygen atoms in total. The number of nitrogens with zero attached hydrogens (tertiary/aromatic N) is 4. The molecule has 2 aliphatic rings. The van der Waals surface area contributed by atoms with Gasteiger partial charge < -0.3 is 34.7 Å². The summed E-state index contributed by atoms with van der Waals surface area (Å²) < 4.78 is 4.79. The Labute approximate surface area is 343 Å². The number of methoxy groups -OCH3 is 1. The second-order valence-corrected chi connectivity index (χ2v) is 17.1. The molecule has 2 aromatic carbocycles. The summed E-state index contributed by atoms with van der Waals surface area (Å²) in [5, 5.41) is 10.0. The molecule has 2 aromatic heterocycles. The Balaban J connectivity index is 1.13. The molecule has 0 spiro atoms. The lowest BCUT2D eigenvalue weighted by atomic mass is 9.95. The Bertz CT molecular complexity index is 2000. The molecule has 4 heterocycles. The topological polar surface area (TPSA) is 179 Å². The van der Waals surface area contributed by atoms with E-state index in [0.29, 0.717) is 31.7 Å². The molecule has 0 aliphatic carbocycles. The third-order valence-electron chi connectivity index (χ3n) is 10.9. The number of carbonyl (C=O) groups excluding carboxylic acids is 3. The van der Waals surface area contributed by atoms with Gasteiger partial charge in [-0.15, -0.1) is 0 Å². The SMILES string of the molecule is COC(=O)N[C@H](C(=O)N1C[C@@H](SC)C[C@H]1c1ncc(-c2ccc(-c3ccc(-c4cnc([C@@H]5C[C@H](S)CN5C(=O)[C@@H](COOC=N)C(C)C)[nH]4)cc3)cc2)[nH]1)C(C)C. The van der Waals surface area contributed by atoms with E-state index in [1.165, 1.54) is 7.11 Å². The van der Waals surface area contributed by atoms with Crippen LogP contribution in [-0.4, -0.2) is 104 Å². The standard InChI is InChI=1S/C41H52N8O6S2/c1-23(2)31(21-54-55-22-42)39(50)48-19-29(56)15-34(48)37-43-17-32(45-37)27-11-7-25(8-12-27)26-9-13-28(14-10-26)33-18-44-38(46-33)35-16-30(57-6)20-49(35)40(51)36(24(3)4)47-41(52)53-5/h7-14,17-18,22-24,29-31,34-36,42,56H,15-16,19-21H2,1-6H3,(H,43,45)(H,44,46)(H,47,52)/t29-,30-,31-,34-,35-,36-/m0/s1. The molecular formula is C41H52N8O6S2. The molecule has 3 amide bonds. The van der Waals surface area contributed by atoms with Crippen LogP contribution in [0.1, 0.15) is 64.3 Å². The number of likely N-dealkylation sites (tertiary alicyclic amines) is 2. The second kappa shape index (κ2) is 18.6. The van der Waals surface area contributed by atoms with Crippen LogP contribution in [0.3, 0.4) is 0 Å². The first-order chi connectivity index (χ1) is 27.4. The quantitative estimate of drug-likeness (QED) is 0.0213. The van der Waals surface area contributed by atoms with E-state index < -0.39 is 18.1 Å². The summed E-state index contributed by atoms with van der Waals surface area (Å²) in [6, 6.07) is 15.3. The highest BCUT2D eigenvalue weighted by Gasteiger charge is 2.42. The smallest absolute Gasteiger partial charge is 0.407 e. The maximum absolute atomic E-state index is 13.8. The third kappa shape index (κ3) is 9.50. The first kappa shape index (κ1) is 41.8. The minimum absolute atomic E-state index is 0.00856. The van der Waals surface area contributed by atoms with Crippen molar-refractivity contribution in [3.63, 3.8) is 0 Å². The number of nitrogens with one attached hydrogen (secondary N) is 4. The van der Waals surface area contributed by atoms with Crippen LogP contribution in [0, 0.1) is 23.2 Å². The summed E-state index contributed by atoms with van der Waals surface area (Å²) in [5.41, 5.74) is 5.76. The molecule has 2 aliphatic heterocycles. The van der Waals surface area contributed by atoms with E-state index in [1.807, 2.05) is 49.9 Å². The number of amides is 3. The zero-order chi connectivity index (χ0) is 40.8. The number of thiol groups is 1. The average molecular weight is 817 g/mol. The fourth-order valence-corrected chi connectivity index (χ4v) is 8.62. The van der Waals surface area contributed by atoms with E-state index in [0.717, 1.165) is 45.9 Å². The van der Waals surface area contributed by atoms with Crippen LogP contribution >= 0.6 is 24.4 Å². The maximum atomic E-state index is 13.8. The lowest BCUT2D eigenvalue weighted by Crippen LogP contribution is -2.51. The largest absolute Gasteiger partial charge is 0.453 e. The van der Waals surface area contributed by atoms with Gasteiger partial charge in [0.2, 0.25) is 18.2 Å². The van der Waals surface area contributed by atoms with Crippen molar-refractivity contribution in [3.8, 4) is 33.6 Å².